The molecule has 0 atom stereocenters. The molecule has 0 bridgehead atoms. The molecule has 0 saturated carbocycles. The van der Waals surface area contributed by atoms with Gasteiger partial charge in [-0.2, -0.15) is 0 Å². The van der Waals surface area contributed by atoms with Gasteiger partial charge in [0.2, 0.25) is 0 Å². The molecule has 2 aliphatic rings. The Hall–Kier alpha value is -3.14. The Morgan fingerprint density at radius 2 is 2.03 bits per heavy atom. The molecule has 192 valence electrons. The number of nitrogens with zero attached hydrogens (tertiary/aromatic N) is 5. The molecule has 2 aliphatic heterocycles. The maximum absolute atomic E-state index is 15.1. The average molecular weight is 486 g/mol. The maximum Gasteiger partial charge on any atom is 0.181 e. The van der Waals surface area contributed by atoms with E-state index in [0.29, 0.717) is 32.0 Å². The summed E-state index contributed by atoms with van der Waals surface area (Å²) in [6, 6.07) is 2.03. The van der Waals surface area contributed by atoms with Crippen molar-refractivity contribution in [3.63, 3.8) is 0 Å². The van der Waals surface area contributed by atoms with Crippen molar-refractivity contribution in [1.82, 2.24) is 20.5 Å². The largest absolute Gasteiger partial charge is 0.402 e. The van der Waals surface area contributed by atoms with Gasteiger partial charge >= 0.3 is 0 Å². The number of hydrogen-bond donors (Lipinski definition) is 4. The molecule has 9 nitrogen and oxygen atoms in total. The first-order valence-electron chi connectivity index (χ1n) is 12.3. The number of pyridine rings is 1. The molecule has 1 aromatic heterocycles. The SMILES string of the molecule is CN=CC(F)=C(NCNc1cc(C)c(N2CCNCC2)cn1)N1CCC(N)=C(C(=NC)C(C)C)C1. The molecule has 10 heteroatoms. The molecule has 1 fully saturated rings. The molecule has 0 unspecified atom stereocenters. The van der Waals surface area contributed by atoms with E-state index in [2.05, 4.69) is 56.6 Å². The maximum atomic E-state index is 15.1. The second kappa shape index (κ2) is 12.5. The highest BCUT2D eigenvalue weighted by Gasteiger charge is 2.25. The number of nitrogens with one attached hydrogen (secondary N) is 3. The highest BCUT2D eigenvalue weighted by molar-refractivity contribution is 6.02. The molecular weight excluding hydrogens is 445 g/mol. The monoisotopic (exact) mass is 485 g/mol. The molecule has 0 amide bonds. The van der Waals surface area contributed by atoms with Crippen LogP contribution in [-0.4, -0.2) is 81.8 Å². The van der Waals surface area contributed by atoms with E-state index in [9.17, 15) is 0 Å². The number of aromatic nitrogens is 1. The van der Waals surface area contributed by atoms with Crippen molar-refractivity contribution in [3.05, 3.63) is 40.7 Å². The quantitative estimate of drug-likeness (QED) is 0.314. The molecule has 3 heterocycles. The van der Waals surface area contributed by atoms with Gasteiger partial charge in [-0.15, -0.1) is 0 Å². The van der Waals surface area contributed by atoms with E-state index < -0.39 is 5.83 Å². The fourth-order valence-electron chi connectivity index (χ4n) is 4.58. The van der Waals surface area contributed by atoms with Gasteiger partial charge in [-0.1, -0.05) is 13.8 Å². The van der Waals surface area contributed by atoms with Crippen molar-refractivity contribution >= 4 is 23.4 Å². The Kier molecular flexibility index (Phi) is 9.47. The summed E-state index contributed by atoms with van der Waals surface area (Å²) in [5, 5.41) is 9.85. The number of aliphatic imine (C=N–C) groups is 2. The van der Waals surface area contributed by atoms with E-state index in [4.69, 9.17) is 5.73 Å². The van der Waals surface area contributed by atoms with Gasteiger partial charge in [0, 0.05) is 76.8 Å². The highest BCUT2D eigenvalue weighted by atomic mass is 19.1. The summed E-state index contributed by atoms with van der Waals surface area (Å²) in [7, 11) is 3.34. The lowest BCUT2D eigenvalue weighted by Crippen LogP contribution is -2.43. The Balaban J connectivity index is 1.70. The molecule has 0 spiro atoms. The molecule has 3 rings (SSSR count). The highest BCUT2D eigenvalue weighted by Crippen LogP contribution is 2.24. The van der Waals surface area contributed by atoms with Gasteiger partial charge in [0.1, 0.15) is 11.6 Å². The van der Waals surface area contributed by atoms with E-state index in [1.54, 1.807) is 14.1 Å². The number of rotatable bonds is 9. The van der Waals surface area contributed by atoms with Gasteiger partial charge in [-0.05, 0) is 24.5 Å². The second-order valence-corrected chi connectivity index (χ2v) is 9.15. The van der Waals surface area contributed by atoms with E-state index >= 15 is 4.39 Å². The Bertz CT molecular complexity index is 991. The van der Waals surface area contributed by atoms with E-state index in [1.807, 2.05) is 17.2 Å². The number of allylic oxidation sites excluding steroid dienone is 1. The molecule has 35 heavy (non-hydrogen) atoms. The zero-order valence-corrected chi connectivity index (χ0v) is 21.7. The summed E-state index contributed by atoms with van der Waals surface area (Å²) in [6.07, 6.45) is 3.78. The molecule has 0 radical (unpaired) electrons. The minimum Gasteiger partial charge on any atom is -0.402 e. The van der Waals surface area contributed by atoms with E-state index in [-0.39, 0.29) is 5.92 Å². The fourth-order valence-corrected chi connectivity index (χ4v) is 4.58. The number of nitrogens with two attached hydrogens (primary N) is 1. The van der Waals surface area contributed by atoms with Crippen molar-refractivity contribution in [2.24, 2.45) is 21.6 Å². The van der Waals surface area contributed by atoms with Crippen LogP contribution in [0.4, 0.5) is 15.9 Å². The summed E-state index contributed by atoms with van der Waals surface area (Å²) in [4.78, 5) is 17.2. The Morgan fingerprint density at radius 1 is 1.29 bits per heavy atom. The molecule has 5 N–H and O–H groups in total. The van der Waals surface area contributed by atoms with E-state index in [0.717, 1.165) is 60.2 Å². The lowest BCUT2D eigenvalue weighted by atomic mass is 9.94. The summed E-state index contributed by atoms with van der Waals surface area (Å²) >= 11 is 0. The van der Waals surface area contributed by atoms with Crippen molar-refractivity contribution in [1.29, 1.82) is 0 Å². The van der Waals surface area contributed by atoms with Gasteiger partial charge in [0.15, 0.2) is 5.83 Å². The molecule has 0 aliphatic carbocycles. The first kappa shape index (κ1) is 26.5. The topological polar surface area (TPSA) is 106 Å². The molecule has 1 saturated heterocycles. The van der Waals surface area contributed by atoms with Gasteiger partial charge in [0.05, 0.1) is 24.8 Å². The number of halogens is 1. The van der Waals surface area contributed by atoms with Crippen LogP contribution in [0.25, 0.3) is 0 Å². The van der Waals surface area contributed by atoms with Crippen molar-refractivity contribution < 1.29 is 4.39 Å². The lowest BCUT2D eigenvalue weighted by molar-refractivity contribution is 0.325. The van der Waals surface area contributed by atoms with Crippen LogP contribution in [0.2, 0.25) is 0 Å². The van der Waals surface area contributed by atoms with Gasteiger partial charge in [0.25, 0.3) is 0 Å². The van der Waals surface area contributed by atoms with Crippen LogP contribution in [0.3, 0.4) is 0 Å². The summed E-state index contributed by atoms with van der Waals surface area (Å²) in [5.74, 6) is 0.922. The minimum absolute atomic E-state index is 0.232. The zero-order valence-electron chi connectivity index (χ0n) is 21.7. The predicted molar refractivity (Wildman–Crippen MR) is 144 cm³/mol. The number of piperazine rings is 1. The normalized spacial score (nSPS) is 18.4. The van der Waals surface area contributed by atoms with Crippen molar-refractivity contribution in [2.75, 3.05) is 70.2 Å². The first-order chi connectivity index (χ1) is 16.8. The van der Waals surface area contributed by atoms with Gasteiger partial charge in [-0.25, -0.2) is 9.37 Å². The van der Waals surface area contributed by atoms with Crippen LogP contribution >= 0.6 is 0 Å². The van der Waals surface area contributed by atoms with Gasteiger partial charge < -0.3 is 31.5 Å². The van der Waals surface area contributed by atoms with Crippen LogP contribution in [0, 0.1) is 12.8 Å². The predicted octanol–water partition coefficient (Wildman–Crippen LogP) is 2.24. The summed E-state index contributed by atoms with van der Waals surface area (Å²) in [5.41, 5.74) is 11.4. The minimum atomic E-state index is -0.424. The van der Waals surface area contributed by atoms with Crippen molar-refractivity contribution in [3.8, 4) is 0 Å². The smallest absolute Gasteiger partial charge is 0.181 e. The van der Waals surface area contributed by atoms with Crippen LogP contribution in [0.5, 0.6) is 0 Å². The van der Waals surface area contributed by atoms with Gasteiger partial charge in [-0.3, -0.25) is 9.98 Å². The molecular formula is C25H40FN9. The van der Waals surface area contributed by atoms with E-state index in [1.165, 1.54) is 6.21 Å². The van der Waals surface area contributed by atoms with Crippen LogP contribution in [-0.2, 0) is 0 Å². The third-order valence-corrected chi connectivity index (χ3v) is 6.34. The standard InChI is InChI=1S/C25H40FN9/c1-17(2)24(29-5)19-15-35(9-6-21(19)27)25(20(26)13-28-4)33-16-32-23-12-18(3)22(14-31-23)34-10-7-30-8-11-34/h12-14,17,30,33H,6-11,15-16,27H2,1-5H3,(H,31,32). The number of hydrogen-bond acceptors (Lipinski definition) is 9. The Morgan fingerprint density at radius 3 is 2.66 bits per heavy atom. The molecule has 0 aromatic carbocycles. The second-order valence-electron chi connectivity index (χ2n) is 9.15. The summed E-state index contributed by atoms with van der Waals surface area (Å²) < 4.78 is 15.1. The van der Waals surface area contributed by atoms with Crippen LogP contribution < -0.4 is 26.6 Å². The van der Waals surface area contributed by atoms with Crippen LogP contribution in [0.15, 0.2) is 45.2 Å². The Labute approximate surface area is 208 Å². The number of aryl methyl sites for hydroxylation is 1. The number of anilines is 2. The van der Waals surface area contributed by atoms with Crippen LogP contribution in [0.1, 0.15) is 25.8 Å². The lowest BCUT2D eigenvalue weighted by Gasteiger charge is -2.34. The average Bonchev–Trinajstić information content (AvgIpc) is 2.84. The third-order valence-electron chi connectivity index (χ3n) is 6.34. The third kappa shape index (κ3) is 6.72. The first-order valence-corrected chi connectivity index (χ1v) is 12.3. The summed E-state index contributed by atoms with van der Waals surface area (Å²) in [6.45, 7) is 11.6. The fraction of sp³-hybridized carbons (Fsp3) is 0.560. The molecule has 1 aromatic rings. The van der Waals surface area contributed by atoms with Crippen molar-refractivity contribution in [2.45, 2.75) is 27.2 Å². The zero-order chi connectivity index (χ0) is 25.4.